The van der Waals surface area contributed by atoms with Crippen LogP contribution in [0, 0.1) is 0 Å². The maximum atomic E-state index is 13.3. The topological polar surface area (TPSA) is 174 Å². The summed E-state index contributed by atoms with van der Waals surface area (Å²) in [5.41, 5.74) is -0.654. The van der Waals surface area contributed by atoms with Crippen molar-refractivity contribution >= 4 is 18.0 Å². The lowest BCUT2D eigenvalue weighted by atomic mass is 10.2. The number of rotatable bonds is 28. The van der Waals surface area contributed by atoms with Gasteiger partial charge >= 0.3 is 18.0 Å². The Hall–Kier alpha value is -4.71. The van der Waals surface area contributed by atoms with Crippen LogP contribution in [0.1, 0.15) is 81.0 Å². The van der Waals surface area contributed by atoms with Gasteiger partial charge in [-0.3, -0.25) is 0 Å². The van der Waals surface area contributed by atoms with E-state index in [4.69, 9.17) is 61.6 Å². The number of carbonyl (C=O) groups excluding carboxylic acids is 3. The lowest BCUT2D eigenvalue weighted by Crippen LogP contribution is -2.41. The van der Waals surface area contributed by atoms with E-state index in [1.165, 1.54) is 57.6 Å². The largest absolute Gasteiger partial charge is 0.486 e. The number of hydrogen-bond donors (Lipinski definition) is 0. The van der Waals surface area contributed by atoms with Crippen LogP contribution in [-0.2, 0) is 33.2 Å². The molecule has 0 aliphatic carbocycles. The fraction of sp³-hybridized carbons (Fsp3) is 0.615. The van der Waals surface area contributed by atoms with E-state index < -0.39 is 23.6 Å². The van der Waals surface area contributed by atoms with Crippen molar-refractivity contribution in [2.24, 2.45) is 0 Å². The highest BCUT2D eigenvalue weighted by Crippen LogP contribution is 2.41. The van der Waals surface area contributed by atoms with Gasteiger partial charge < -0.3 is 66.5 Å². The minimum absolute atomic E-state index is 0.0901. The predicted octanol–water partition coefficient (Wildman–Crippen LogP) is 6.23. The summed E-state index contributed by atoms with van der Waals surface area (Å²) in [7, 11) is 5.84. The molecule has 0 saturated carbocycles. The quantitative estimate of drug-likeness (QED) is 0.0410. The molecule has 56 heavy (non-hydrogen) atoms. The normalized spacial score (nSPS) is 11.0. The molecule has 2 aromatic carbocycles. The third kappa shape index (κ3) is 17.0. The molecule has 0 fully saturated rings. The standard InChI is InChI=1S/C39H59NO16/c1-10-12-16-48-34-30(52-24-44-6)20-28(21-31(34)53-25-45-7)36(41)50-18-14-40(38(43)56-39(3,4)5)15-19-51-37(42)29-22-32(54-26-46-8)35(49-17-13-11-2)33(23-29)55-27-47-9/h20-23H,10-19,24-27H2,1-9H3. The van der Waals surface area contributed by atoms with E-state index in [0.717, 1.165) is 25.7 Å². The zero-order valence-electron chi connectivity index (χ0n) is 34.2. The maximum absolute atomic E-state index is 13.3. The monoisotopic (exact) mass is 797 g/mol. The first-order valence-corrected chi connectivity index (χ1v) is 18.3. The molecular formula is C39H59NO16. The molecule has 0 heterocycles. The zero-order chi connectivity index (χ0) is 41.3. The number of amides is 1. The lowest BCUT2D eigenvalue weighted by Gasteiger charge is -2.27. The van der Waals surface area contributed by atoms with Crippen molar-refractivity contribution in [1.82, 2.24) is 4.90 Å². The highest BCUT2D eigenvalue weighted by molar-refractivity contribution is 5.92. The first kappa shape index (κ1) is 47.4. The van der Waals surface area contributed by atoms with Crippen LogP contribution in [0.3, 0.4) is 0 Å². The maximum Gasteiger partial charge on any atom is 0.410 e. The molecule has 2 aromatic rings. The molecule has 1 amide bonds. The first-order valence-electron chi connectivity index (χ1n) is 18.3. The van der Waals surface area contributed by atoms with Gasteiger partial charge in [-0.1, -0.05) is 26.7 Å². The molecule has 0 radical (unpaired) electrons. The number of nitrogens with zero attached hydrogens (tertiary/aromatic N) is 1. The number of ether oxygens (including phenoxy) is 13. The molecule has 17 nitrogen and oxygen atoms in total. The van der Waals surface area contributed by atoms with E-state index in [9.17, 15) is 14.4 Å². The van der Waals surface area contributed by atoms with Crippen molar-refractivity contribution in [1.29, 1.82) is 0 Å². The van der Waals surface area contributed by atoms with E-state index in [1.807, 2.05) is 13.8 Å². The number of esters is 2. The average Bonchev–Trinajstić information content (AvgIpc) is 3.16. The fourth-order valence-electron chi connectivity index (χ4n) is 4.51. The third-order valence-electron chi connectivity index (χ3n) is 7.17. The second-order valence-corrected chi connectivity index (χ2v) is 12.9. The van der Waals surface area contributed by atoms with Crippen molar-refractivity contribution in [2.45, 2.75) is 65.9 Å². The van der Waals surface area contributed by atoms with Gasteiger partial charge in [0.1, 0.15) is 18.8 Å². The molecule has 0 aromatic heterocycles. The van der Waals surface area contributed by atoms with Crippen molar-refractivity contribution in [3.8, 4) is 34.5 Å². The summed E-state index contributed by atoms with van der Waals surface area (Å²) in [6, 6.07) is 5.81. The minimum atomic E-state index is -0.834. The highest BCUT2D eigenvalue weighted by Gasteiger charge is 2.25. The van der Waals surface area contributed by atoms with E-state index in [1.54, 1.807) is 20.8 Å². The van der Waals surface area contributed by atoms with E-state index in [-0.39, 0.29) is 99.1 Å². The van der Waals surface area contributed by atoms with Gasteiger partial charge in [-0.25, -0.2) is 14.4 Å². The highest BCUT2D eigenvalue weighted by atomic mass is 16.7. The van der Waals surface area contributed by atoms with Gasteiger partial charge in [-0.15, -0.1) is 0 Å². The second kappa shape index (κ2) is 26.2. The molecule has 0 spiro atoms. The van der Waals surface area contributed by atoms with Gasteiger partial charge in [-0.2, -0.15) is 0 Å². The van der Waals surface area contributed by atoms with Crippen molar-refractivity contribution in [3.05, 3.63) is 35.4 Å². The number of unbranched alkanes of at least 4 members (excludes halogenated alkanes) is 2. The summed E-state index contributed by atoms with van der Waals surface area (Å²) in [5, 5.41) is 0. The summed E-state index contributed by atoms with van der Waals surface area (Å²) < 4.78 is 71.6. The van der Waals surface area contributed by atoms with Crippen LogP contribution in [0.4, 0.5) is 4.79 Å². The van der Waals surface area contributed by atoms with Crippen molar-refractivity contribution in [2.75, 3.05) is 95.1 Å². The smallest absolute Gasteiger partial charge is 0.410 e. The van der Waals surface area contributed by atoms with Crippen molar-refractivity contribution < 1.29 is 76.0 Å². The van der Waals surface area contributed by atoms with Crippen molar-refractivity contribution in [3.63, 3.8) is 0 Å². The molecule has 0 aliphatic heterocycles. The molecule has 0 saturated heterocycles. The van der Waals surface area contributed by atoms with Gasteiger partial charge in [0.05, 0.1) is 37.4 Å². The van der Waals surface area contributed by atoms with Gasteiger partial charge in [0.15, 0.2) is 50.2 Å². The van der Waals surface area contributed by atoms with Crippen LogP contribution in [-0.4, -0.2) is 124 Å². The van der Waals surface area contributed by atoms with Crippen LogP contribution in [0.5, 0.6) is 34.5 Å². The Morgan fingerprint density at radius 1 is 0.536 bits per heavy atom. The molecule has 316 valence electrons. The summed E-state index contributed by atoms with van der Waals surface area (Å²) in [4.78, 5) is 41.1. The lowest BCUT2D eigenvalue weighted by molar-refractivity contribution is 0.00985. The Labute approximate surface area is 329 Å². The Morgan fingerprint density at radius 2 is 0.875 bits per heavy atom. The summed E-state index contributed by atoms with van der Waals surface area (Å²) in [6.45, 7) is 8.85. The van der Waals surface area contributed by atoms with E-state index in [0.29, 0.717) is 13.2 Å². The molecule has 2 rings (SSSR count). The number of hydrogen-bond acceptors (Lipinski definition) is 16. The Balaban J connectivity index is 2.24. The molecule has 0 aliphatic rings. The SMILES string of the molecule is CCCCOc1c(OCOC)cc(C(=O)OCCN(CCOC(=O)c2cc(OCOC)c(OCCCC)c(OCOC)c2)C(=O)OC(C)(C)C)cc1OCOC. The summed E-state index contributed by atoms with van der Waals surface area (Å²) in [5.74, 6) is -0.0889. The molecule has 0 unspecified atom stereocenters. The summed E-state index contributed by atoms with van der Waals surface area (Å²) in [6.07, 6.45) is 2.65. The van der Waals surface area contributed by atoms with Crippen LogP contribution in [0.25, 0.3) is 0 Å². The molecule has 0 N–H and O–H groups in total. The van der Waals surface area contributed by atoms with Crippen LogP contribution < -0.4 is 28.4 Å². The zero-order valence-corrected chi connectivity index (χ0v) is 34.2. The molecule has 0 bridgehead atoms. The third-order valence-corrected chi connectivity index (χ3v) is 7.17. The first-order chi connectivity index (χ1) is 26.9. The van der Waals surface area contributed by atoms with Gasteiger partial charge in [0, 0.05) is 28.4 Å². The summed E-state index contributed by atoms with van der Waals surface area (Å²) >= 11 is 0. The average molecular weight is 798 g/mol. The Morgan fingerprint density at radius 3 is 1.16 bits per heavy atom. The Kier molecular flexibility index (Phi) is 22.2. The molecule has 17 heteroatoms. The van der Waals surface area contributed by atoms with Gasteiger partial charge in [-0.05, 0) is 57.9 Å². The number of methoxy groups -OCH3 is 4. The van der Waals surface area contributed by atoms with Crippen LogP contribution in [0.2, 0.25) is 0 Å². The van der Waals surface area contributed by atoms with Gasteiger partial charge in [0.2, 0.25) is 11.5 Å². The second-order valence-electron chi connectivity index (χ2n) is 12.9. The molecule has 0 atom stereocenters. The number of carbonyl (C=O) groups is 3. The number of benzene rings is 2. The van der Waals surface area contributed by atoms with Crippen LogP contribution >= 0.6 is 0 Å². The van der Waals surface area contributed by atoms with Gasteiger partial charge in [0.25, 0.3) is 0 Å². The van der Waals surface area contributed by atoms with Crippen LogP contribution in [0.15, 0.2) is 24.3 Å². The fourth-order valence-corrected chi connectivity index (χ4v) is 4.51. The van der Waals surface area contributed by atoms with E-state index >= 15 is 0 Å². The molecular weight excluding hydrogens is 738 g/mol. The predicted molar refractivity (Wildman–Crippen MR) is 202 cm³/mol. The Bertz CT molecular complexity index is 1320. The minimum Gasteiger partial charge on any atom is -0.486 e. The van der Waals surface area contributed by atoms with E-state index in [2.05, 4.69) is 0 Å².